The van der Waals surface area contributed by atoms with Crippen LogP contribution < -0.4 is 5.48 Å². The molecule has 5 nitrogen and oxygen atoms in total. The normalized spacial score (nSPS) is 17.1. The van der Waals surface area contributed by atoms with Gasteiger partial charge in [0.15, 0.2) is 0 Å². The van der Waals surface area contributed by atoms with Gasteiger partial charge in [0.1, 0.15) is 5.82 Å². The number of fused-ring (bicyclic) bond motifs is 1. The number of hydroxylamine groups is 1. The summed E-state index contributed by atoms with van der Waals surface area (Å²) in [6, 6.07) is 7.43. The van der Waals surface area contributed by atoms with Crippen LogP contribution in [0.25, 0.3) is 0 Å². The predicted octanol–water partition coefficient (Wildman–Crippen LogP) is 1.94. The third-order valence-electron chi connectivity index (χ3n) is 3.99. The first kappa shape index (κ1) is 13.7. The van der Waals surface area contributed by atoms with E-state index in [0.717, 1.165) is 31.5 Å². The molecule has 1 aromatic heterocycles. The van der Waals surface area contributed by atoms with E-state index in [2.05, 4.69) is 9.97 Å². The van der Waals surface area contributed by atoms with Gasteiger partial charge in [0, 0.05) is 24.4 Å². The van der Waals surface area contributed by atoms with Crippen molar-refractivity contribution >= 4 is 5.91 Å². The number of hydrogen-bond acceptors (Lipinski definition) is 4. The van der Waals surface area contributed by atoms with Crippen LogP contribution in [0.5, 0.6) is 0 Å². The summed E-state index contributed by atoms with van der Waals surface area (Å²) in [7, 11) is 0. The van der Waals surface area contributed by atoms with Crippen molar-refractivity contribution < 1.29 is 10.0 Å². The molecule has 0 aliphatic heterocycles. The highest BCUT2D eigenvalue weighted by molar-refractivity contribution is 5.93. The topological polar surface area (TPSA) is 75.1 Å². The Morgan fingerprint density at radius 3 is 2.86 bits per heavy atom. The number of hydrogen-bond donors (Lipinski definition) is 2. The van der Waals surface area contributed by atoms with Gasteiger partial charge in [-0.05, 0) is 54.5 Å². The van der Waals surface area contributed by atoms with Crippen LogP contribution in [0, 0.1) is 5.92 Å². The van der Waals surface area contributed by atoms with Gasteiger partial charge in [-0.25, -0.2) is 15.4 Å². The van der Waals surface area contributed by atoms with E-state index in [-0.39, 0.29) is 0 Å². The second kappa shape index (κ2) is 6.01. The van der Waals surface area contributed by atoms with Crippen LogP contribution in [0.3, 0.4) is 0 Å². The molecule has 3 rings (SSSR count). The molecular formula is C16H17N3O2. The Hall–Kier alpha value is -2.27. The maximum atomic E-state index is 11.5. The third-order valence-corrected chi connectivity index (χ3v) is 3.99. The molecule has 0 bridgehead atoms. The summed E-state index contributed by atoms with van der Waals surface area (Å²) in [5, 5.41) is 8.72. The average Bonchev–Trinajstić information content (AvgIpc) is 2.54. The smallest absolute Gasteiger partial charge is 0.274 e. The number of nitrogens with zero attached hydrogens (tertiary/aromatic N) is 2. The molecule has 21 heavy (non-hydrogen) atoms. The number of amides is 1. The minimum Gasteiger partial charge on any atom is -0.288 e. The van der Waals surface area contributed by atoms with E-state index in [1.165, 1.54) is 11.1 Å². The van der Waals surface area contributed by atoms with Crippen molar-refractivity contribution in [3.63, 3.8) is 0 Å². The fourth-order valence-corrected chi connectivity index (χ4v) is 2.91. The Labute approximate surface area is 123 Å². The standard InChI is InChI=1S/C16H17N3O2/c20-16(19-21)13-5-4-12-3-2-11(8-14(12)10-13)9-15-17-6-1-7-18-15/h1,4-7,10-11,21H,2-3,8-9H2,(H,19,20). The Kier molecular flexibility index (Phi) is 3.92. The molecule has 2 N–H and O–H groups in total. The minimum absolute atomic E-state index is 0.466. The number of nitrogens with one attached hydrogen (secondary N) is 1. The average molecular weight is 283 g/mol. The minimum atomic E-state index is -0.466. The Balaban J connectivity index is 1.76. The van der Waals surface area contributed by atoms with Gasteiger partial charge < -0.3 is 0 Å². The molecule has 0 radical (unpaired) electrons. The Morgan fingerprint density at radius 2 is 2.10 bits per heavy atom. The molecule has 0 saturated carbocycles. The van der Waals surface area contributed by atoms with Crippen molar-refractivity contribution in [1.29, 1.82) is 0 Å². The largest absolute Gasteiger partial charge is 0.288 e. The monoisotopic (exact) mass is 283 g/mol. The van der Waals surface area contributed by atoms with E-state index >= 15 is 0 Å². The molecular weight excluding hydrogens is 266 g/mol. The first-order chi connectivity index (χ1) is 10.3. The summed E-state index contributed by atoms with van der Waals surface area (Å²) >= 11 is 0. The van der Waals surface area contributed by atoms with Gasteiger partial charge in [-0.3, -0.25) is 10.0 Å². The van der Waals surface area contributed by atoms with Crippen molar-refractivity contribution in [2.75, 3.05) is 0 Å². The Bertz CT molecular complexity index is 643. The van der Waals surface area contributed by atoms with Crippen molar-refractivity contribution in [3.05, 3.63) is 59.2 Å². The van der Waals surface area contributed by atoms with Gasteiger partial charge in [-0.1, -0.05) is 6.07 Å². The maximum absolute atomic E-state index is 11.5. The Morgan fingerprint density at radius 1 is 1.29 bits per heavy atom. The highest BCUT2D eigenvalue weighted by Gasteiger charge is 2.21. The summed E-state index contributed by atoms with van der Waals surface area (Å²) in [5.74, 6) is 0.897. The molecule has 108 valence electrons. The summed E-state index contributed by atoms with van der Waals surface area (Å²) in [6.45, 7) is 0. The van der Waals surface area contributed by atoms with E-state index in [4.69, 9.17) is 5.21 Å². The lowest BCUT2D eigenvalue weighted by Gasteiger charge is -2.24. The van der Waals surface area contributed by atoms with E-state index in [0.29, 0.717) is 11.5 Å². The van der Waals surface area contributed by atoms with Gasteiger partial charge in [-0.2, -0.15) is 0 Å². The van der Waals surface area contributed by atoms with Crippen molar-refractivity contribution in [3.8, 4) is 0 Å². The summed E-state index contributed by atoms with van der Waals surface area (Å²) in [5.41, 5.74) is 4.64. The van der Waals surface area contributed by atoms with Gasteiger partial charge >= 0.3 is 0 Å². The van der Waals surface area contributed by atoms with Gasteiger partial charge in [-0.15, -0.1) is 0 Å². The molecule has 1 heterocycles. The van der Waals surface area contributed by atoms with Gasteiger partial charge in [0.05, 0.1) is 0 Å². The first-order valence-electron chi connectivity index (χ1n) is 7.08. The van der Waals surface area contributed by atoms with Crippen molar-refractivity contribution in [1.82, 2.24) is 15.4 Å². The lowest BCUT2D eigenvalue weighted by atomic mass is 9.81. The lowest BCUT2D eigenvalue weighted by Crippen LogP contribution is -2.21. The number of carbonyl (C=O) groups excluding carboxylic acids is 1. The van der Waals surface area contributed by atoms with E-state index < -0.39 is 5.91 Å². The van der Waals surface area contributed by atoms with Crippen LogP contribution in [-0.2, 0) is 19.3 Å². The highest BCUT2D eigenvalue weighted by Crippen LogP contribution is 2.28. The molecule has 1 unspecified atom stereocenters. The van der Waals surface area contributed by atoms with Crippen molar-refractivity contribution in [2.45, 2.75) is 25.7 Å². The molecule has 0 spiro atoms. The third kappa shape index (κ3) is 3.08. The highest BCUT2D eigenvalue weighted by atomic mass is 16.5. The fourth-order valence-electron chi connectivity index (χ4n) is 2.91. The van der Waals surface area contributed by atoms with Crippen LogP contribution in [0.4, 0.5) is 0 Å². The molecule has 1 amide bonds. The maximum Gasteiger partial charge on any atom is 0.274 e. The molecule has 0 fully saturated rings. The SMILES string of the molecule is O=C(NO)c1ccc2c(c1)CC(Cc1ncccn1)CC2. The second-order valence-corrected chi connectivity index (χ2v) is 5.40. The summed E-state index contributed by atoms with van der Waals surface area (Å²) < 4.78 is 0. The molecule has 1 aromatic carbocycles. The molecule has 0 saturated heterocycles. The van der Waals surface area contributed by atoms with Gasteiger partial charge in [0.2, 0.25) is 0 Å². The molecule has 2 aromatic rings. The second-order valence-electron chi connectivity index (χ2n) is 5.40. The zero-order chi connectivity index (χ0) is 14.7. The van der Waals surface area contributed by atoms with Crippen LogP contribution in [0.1, 0.15) is 33.7 Å². The lowest BCUT2D eigenvalue weighted by molar-refractivity contribution is 0.0706. The quantitative estimate of drug-likeness (QED) is 0.667. The zero-order valence-corrected chi connectivity index (χ0v) is 11.6. The fraction of sp³-hybridized carbons (Fsp3) is 0.312. The zero-order valence-electron chi connectivity index (χ0n) is 11.6. The van der Waals surface area contributed by atoms with E-state index in [9.17, 15) is 4.79 Å². The van der Waals surface area contributed by atoms with E-state index in [1.807, 2.05) is 18.2 Å². The van der Waals surface area contributed by atoms with Crippen molar-refractivity contribution in [2.24, 2.45) is 5.92 Å². The molecule has 1 atom stereocenters. The molecule has 1 aliphatic carbocycles. The van der Waals surface area contributed by atoms with Crippen LogP contribution in [0.2, 0.25) is 0 Å². The molecule has 1 aliphatic rings. The first-order valence-corrected chi connectivity index (χ1v) is 7.08. The number of benzene rings is 1. The van der Waals surface area contributed by atoms with Crippen LogP contribution in [-0.4, -0.2) is 21.1 Å². The molecule has 5 heteroatoms. The van der Waals surface area contributed by atoms with Crippen LogP contribution in [0.15, 0.2) is 36.7 Å². The number of aromatic nitrogens is 2. The number of aryl methyl sites for hydroxylation is 1. The van der Waals surface area contributed by atoms with Crippen LogP contribution >= 0.6 is 0 Å². The van der Waals surface area contributed by atoms with Gasteiger partial charge in [0.25, 0.3) is 5.91 Å². The summed E-state index contributed by atoms with van der Waals surface area (Å²) in [4.78, 5) is 20.0. The van der Waals surface area contributed by atoms with E-state index in [1.54, 1.807) is 23.9 Å². The number of carbonyl (C=O) groups is 1. The predicted molar refractivity (Wildman–Crippen MR) is 76.9 cm³/mol. The number of rotatable bonds is 3. The summed E-state index contributed by atoms with van der Waals surface area (Å²) in [6.07, 6.45) is 7.42.